The van der Waals surface area contributed by atoms with Crippen molar-refractivity contribution in [3.05, 3.63) is 83.9 Å². The van der Waals surface area contributed by atoms with Crippen molar-refractivity contribution in [3.63, 3.8) is 0 Å². The van der Waals surface area contributed by atoms with E-state index in [9.17, 15) is 23.1 Å². The second-order valence-electron chi connectivity index (χ2n) is 8.35. The molecule has 9 heteroatoms. The molecule has 0 spiro atoms. The van der Waals surface area contributed by atoms with Crippen LogP contribution in [-0.2, 0) is 11.0 Å². The van der Waals surface area contributed by atoms with Crippen molar-refractivity contribution in [2.24, 2.45) is 0 Å². The third-order valence-corrected chi connectivity index (χ3v) is 5.93. The molecule has 3 aromatic carbocycles. The van der Waals surface area contributed by atoms with E-state index in [2.05, 4.69) is 15.5 Å². The van der Waals surface area contributed by atoms with Crippen molar-refractivity contribution in [1.82, 2.24) is 15.5 Å². The molecule has 0 saturated carbocycles. The SMILES string of the molecule is CC[C@@H](N[C@H](C)c1ccc(-c2noc(-c3ccc(-c4ccccc4C(F)(F)F)cc3)n2)cc1)C(=O)O. The number of alkyl halides is 3. The van der Waals surface area contributed by atoms with Gasteiger partial charge < -0.3 is 9.63 Å². The van der Waals surface area contributed by atoms with E-state index >= 15 is 0 Å². The zero-order valence-electron chi connectivity index (χ0n) is 19.6. The number of carboxylic acid groups (broad SMARTS) is 1. The van der Waals surface area contributed by atoms with Crippen LogP contribution in [0.2, 0.25) is 0 Å². The molecule has 0 fully saturated rings. The Hall–Kier alpha value is -3.98. The molecule has 0 unspecified atom stereocenters. The molecule has 1 heterocycles. The molecule has 1 aromatic heterocycles. The highest BCUT2D eigenvalue weighted by atomic mass is 19.4. The van der Waals surface area contributed by atoms with Gasteiger partial charge in [-0.1, -0.05) is 66.7 Å². The molecule has 6 nitrogen and oxygen atoms in total. The molecule has 0 aliphatic rings. The van der Waals surface area contributed by atoms with Crippen LogP contribution in [0.15, 0.2) is 77.3 Å². The summed E-state index contributed by atoms with van der Waals surface area (Å²) in [4.78, 5) is 15.7. The Bertz CT molecular complexity index is 1330. The Morgan fingerprint density at radius 1 is 0.972 bits per heavy atom. The maximum Gasteiger partial charge on any atom is 0.417 e. The number of carbonyl (C=O) groups is 1. The van der Waals surface area contributed by atoms with E-state index in [1.54, 1.807) is 30.3 Å². The van der Waals surface area contributed by atoms with E-state index in [1.807, 2.05) is 38.1 Å². The number of aliphatic carboxylic acids is 1. The van der Waals surface area contributed by atoms with E-state index in [1.165, 1.54) is 12.1 Å². The first-order valence-corrected chi connectivity index (χ1v) is 11.4. The molecule has 4 aromatic rings. The van der Waals surface area contributed by atoms with Crippen molar-refractivity contribution in [1.29, 1.82) is 0 Å². The van der Waals surface area contributed by atoms with Crippen molar-refractivity contribution >= 4 is 5.97 Å². The third kappa shape index (κ3) is 5.46. The number of aromatic nitrogens is 2. The van der Waals surface area contributed by atoms with Crippen molar-refractivity contribution in [3.8, 4) is 34.0 Å². The van der Waals surface area contributed by atoms with Crippen molar-refractivity contribution in [2.45, 2.75) is 38.5 Å². The zero-order chi connectivity index (χ0) is 25.9. The van der Waals surface area contributed by atoms with Gasteiger partial charge in [0, 0.05) is 17.2 Å². The number of benzene rings is 3. The average molecular weight is 496 g/mol. The van der Waals surface area contributed by atoms with E-state index in [4.69, 9.17) is 4.52 Å². The van der Waals surface area contributed by atoms with Gasteiger partial charge in [0.1, 0.15) is 6.04 Å². The fourth-order valence-corrected chi connectivity index (χ4v) is 3.92. The van der Waals surface area contributed by atoms with Gasteiger partial charge >= 0.3 is 12.1 Å². The molecule has 4 rings (SSSR count). The van der Waals surface area contributed by atoms with Crippen LogP contribution in [0.1, 0.15) is 37.4 Å². The minimum Gasteiger partial charge on any atom is -0.480 e. The Morgan fingerprint density at radius 2 is 1.58 bits per heavy atom. The van der Waals surface area contributed by atoms with Gasteiger partial charge in [-0.3, -0.25) is 10.1 Å². The predicted molar refractivity (Wildman–Crippen MR) is 129 cm³/mol. The molecule has 0 amide bonds. The largest absolute Gasteiger partial charge is 0.480 e. The summed E-state index contributed by atoms with van der Waals surface area (Å²) < 4.78 is 45.4. The lowest BCUT2D eigenvalue weighted by Crippen LogP contribution is -2.37. The highest BCUT2D eigenvalue weighted by molar-refractivity contribution is 5.73. The number of hydrogen-bond acceptors (Lipinski definition) is 5. The molecule has 0 aliphatic carbocycles. The summed E-state index contributed by atoms with van der Waals surface area (Å²) >= 11 is 0. The number of carboxylic acids is 1. The van der Waals surface area contributed by atoms with Crippen LogP contribution in [0.5, 0.6) is 0 Å². The number of halogens is 3. The molecule has 36 heavy (non-hydrogen) atoms. The topological polar surface area (TPSA) is 88.3 Å². The standard InChI is InChI=1S/C27H24F3N3O3/c1-3-23(26(34)35)31-16(2)17-8-12-19(13-9-17)24-32-25(36-33-24)20-14-10-18(11-15-20)21-6-4-5-7-22(21)27(28,29)30/h4-16,23,31H,3H2,1-2H3,(H,34,35)/t16-,23-/m1/s1. The molecule has 0 radical (unpaired) electrons. The average Bonchev–Trinajstić information content (AvgIpc) is 3.37. The lowest BCUT2D eigenvalue weighted by molar-refractivity contribution is -0.140. The molecule has 0 saturated heterocycles. The molecule has 0 bridgehead atoms. The van der Waals surface area contributed by atoms with Crippen LogP contribution in [0.4, 0.5) is 13.2 Å². The highest BCUT2D eigenvalue weighted by Gasteiger charge is 2.33. The Labute approximate surface area is 205 Å². The maximum atomic E-state index is 13.4. The first-order chi connectivity index (χ1) is 17.2. The predicted octanol–water partition coefficient (Wildman–Crippen LogP) is 6.60. The first-order valence-electron chi connectivity index (χ1n) is 11.4. The van der Waals surface area contributed by atoms with Crippen LogP contribution >= 0.6 is 0 Å². The molecule has 186 valence electrons. The van der Waals surface area contributed by atoms with Gasteiger partial charge in [-0.2, -0.15) is 18.2 Å². The molecular formula is C27H24F3N3O3. The zero-order valence-corrected chi connectivity index (χ0v) is 19.6. The van der Waals surface area contributed by atoms with Gasteiger partial charge in [-0.05, 0) is 48.2 Å². The van der Waals surface area contributed by atoms with Gasteiger partial charge in [-0.25, -0.2) is 0 Å². The fraction of sp³-hybridized carbons (Fsp3) is 0.222. The highest BCUT2D eigenvalue weighted by Crippen LogP contribution is 2.37. The summed E-state index contributed by atoms with van der Waals surface area (Å²) in [5, 5.41) is 16.3. The van der Waals surface area contributed by atoms with E-state index in [0.717, 1.165) is 11.6 Å². The summed E-state index contributed by atoms with van der Waals surface area (Å²) in [5.41, 5.74) is 2.03. The van der Waals surface area contributed by atoms with E-state index in [0.29, 0.717) is 28.9 Å². The van der Waals surface area contributed by atoms with Gasteiger partial charge in [0.05, 0.1) is 5.56 Å². The maximum absolute atomic E-state index is 13.4. The number of nitrogens with one attached hydrogen (secondary N) is 1. The van der Waals surface area contributed by atoms with Gasteiger partial charge in [0.15, 0.2) is 0 Å². The van der Waals surface area contributed by atoms with Crippen molar-refractivity contribution in [2.75, 3.05) is 0 Å². The molecular weight excluding hydrogens is 471 g/mol. The van der Waals surface area contributed by atoms with Crippen LogP contribution in [0.3, 0.4) is 0 Å². The van der Waals surface area contributed by atoms with E-state index < -0.39 is 23.8 Å². The molecule has 0 aliphatic heterocycles. The Morgan fingerprint density at radius 3 is 2.19 bits per heavy atom. The van der Waals surface area contributed by atoms with Gasteiger partial charge in [-0.15, -0.1) is 0 Å². The summed E-state index contributed by atoms with van der Waals surface area (Å²) in [6, 6.07) is 18.5. The van der Waals surface area contributed by atoms with Crippen LogP contribution in [0.25, 0.3) is 34.0 Å². The monoisotopic (exact) mass is 495 g/mol. The minimum atomic E-state index is -4.45. The lowest BCUT2D eigenvalue weighted by atomic mass is 9.98. The number of hydrogen-bond donors (Lipinski definition) is 2. The Kier molecular flexibility index (Phi) is 7.21. The summed E-state index contributed by atoms with van der Waals surface area (Å²) in [6.07, 6.45) is -3.98. The summed E-state index contributed by atoms with van der Waals surface area (Å²) in [7, 11) is 0. The third-order valence-electron chi connectivity index (χ3n) is 5.93. The second kappa shape index (κ2) is 10.3. The van der Waals surface area contributed by atoms with Crippen LogP contribution in [0, 0.1) is 0 Å². The number of nitrogens with zero attached hydrogens (tertiary/aromatic N) is 2. The van der Waals surface area contributed by atoms with Crippen molar-refractivity contribution < 1.29 is 27.6 Å². The summed E-state index contributed by atoms with van der Waals surface area (Å²) in [6.45, 7) is 3.70. The van der Waals surface area contributed by atoms with Gasteiger partial charge in [0.25, 0.3) is 5.89 Å². The molecule has 2 atom stereocenters. The smallest absolute Gasteiger partial charge is 0.417 e. The lowest BCUT2D eigenvalue weighted by Gasteiger charge is -2.19. The number of rotatable bonds is 8. The van der Waals surface area contributed by atoms with E-state index in [-0.39, 0.29) is 17.5 Å². The first kappa shape index (κ1) is 25.1. The van der Waals surface area contributed by atoms with Gasteiger partial charge in [0.2, 0.25) is 5.82 Å². The quantitative estimate of drug-likeness (QED) is 0.286. The fourth-order valence-electron chi connectivity index (χ4n) is 3.92. The van der Waals surface area contributed by atoms with Crippen LogP contribution < -0.4 is 5.32 Å². The minimum absolute atomic E-state index is 0.0974. The second-order valence-corrected chi connectivity index (χ2v) is 8.35. The normalized spacial score (nSPS) is 13.4. The Balaban J connectivity index is 1.50. The van der Waals surface area contributed by atoms with Crippen LogP contribution in [-0.4, -0.2) is 27.3 Å². The molecule has 2 N–H and O–H groups in total. The summed E-state index contributed by atoms with van der Waals surface area (Å²) in [5.74, 6) is -0.287.